The zero-order valence-corrected chi connectivity index (χ0v) is 13.8. The molecule has 4 rings (SSSR count). The Morgan fingerprint density at radius 2 is 2.21 bits per heavy atom. The van der Waals surface area contributed by atoms with Gasteiger partial charge in [0.05, 0.1) is 17.8 Å². The quantitative estimate of drug-likeness (QED) is 0.780. The Kier molecular flexibility index (Phi) is 3.84. The molecule has 3 aromatic rings. The predicted molar refractivity (Wildman–Crippen MR) is 92.1 cm³/mol. The first-order chi connectivity index (χ1) is 11.7. The lowest BCUT2D eigenvalue weighted by molar-refractivity contribution is 0.0954. The Morgan fingerprint density at radius 1 is 1.38 bits per heavy atom. The van der Waals surface area contributed by atoms with Crippen LogP contribution in [0.5, 0.6) is 0 Å². The zero-order chi connectivity index (χ0) is 16.5. The van der Waals surface area contributed by atoms with Gasteiger partial charge in [0.25, 0.3) is 5.91 Å². The second kappa shape index (κ2) is 6.15. The van der Waals surface area contributed by atoms with Crippen LogP contribution in [0.15, 0.2) is 41.1 Å². The van der Waals surface area contributed by atoms with Gasteiger partial charge in [-0.1, -0.05) is 18.2 Å². The summed E-state index contributed by atoms with van der Waals surface area (Å²) >= 11 is 0. The van der Waals surface area contributed by atoms with E-state index in [1.807, 2.05) is 36.0 Å². The lowest BCUT2D eigenvalue weighted by Crippen LogP contribution is -2.25. The number of rotatable bonds is 5. The third-order valence-corrected chi connectivity index (χ3v) is 4.87. The predicted octanol–water partition coefficient (Wildman–Crippen LogP) is 3.64. The zero-order valence-electron chi connectivity index (χ0n) is 13.8. The molecule has 1 aliphatic rings. The van der Waals surface area contributed by atoms with E-state index < -0.39 is 0 Å². The van der Waals surface area contributed by atoms with Crippen molar-refractivity contribution in [2.24, 2.45) is 0 Å². The van der Waals surface area contributed by atoms with Gasteiger partial charge >= 0.3 is 0 Å². The van der Waals surface area contributed by atoms with Gasteiger partial charge in [0.2, 0.25) is 0 Å². The summed E-state index contributed by atoms with van der Waals surface area (Å²) in [6, 6.07) is 8.49. The largest absolute Gasteiger partial charge is 0.461 e. The minimum Gasteiger partial charge on any atom is -0.461 e. The van der Waals surface area contributed by atoms with E-state index in [0.29, 0.717) is 18.2 Å². The van der Waals surface area contributed by atoms with Gasteiger partial charge in [-0.25, -0.2) is 0 Å². The number of aryl methyl sites for hydroxylation is 1. The number of nitrogens with zero attached hydrogens (tertiary/aromatic N) is 2. The number of hydrogen-bond donors (Lipinski definition) is 1. The van der Waals surface area contributed by atoms with Crippen LogP contribution in [-0.2, 0) is 6.42 Å². The van der Waals surface area contributed by atoms with Crippen molar-refractivity contribution in [3.05, 3.63) is 53.5 Å². The van der Waals surface area contributed by atoms with Crippen LogP contribution in [0.2, 0.25) is 0 Å². The van der Waals surface area contributed by atoms with Crippen molar-refractivity contribution in [3.8, 4) is 0 Å². The molecule has 0 atom stereocenters. The Labute approximate surface area is 140 Å². The van der Waals surface area contributed by atoms with E-state index in [-0.39, 0.29) is 5.91 Å². The maximum Gasteiger partial charge on any atom is 0.254 e. The number of carbonyl (C=O) groups is 1. The van der Waals surface area contributed by atoms with Crippen molar-refractivity contribution in [1.29, 1.82) is 0 Å². The molecule has 2 heterocycles. The molecule has 1 amide bonds. The highest BCUT2D eigenvalue weighted by Gasteiger charge is 2.21. The lowest BCUT2D eigenvalue weighted by atomic mass is 9.93. The molecule has 0 unspecified atom stereocenters. The van der Waals surface area contributed by atoms with Crippen LogP contribution < -0.4 is 5.32 Å². The minimum atomic E-state index is -0.0639. The molecule has 24 heavy (non-hydrogen) atoms. The van der Waals surface area contributed by atoms with Crippen molar-refractivity contribution in [2.45, 2.75) is 38.6 Å². The van der Waals surface area contributed by atoms with Crippen LogP contribution in [0.1, 0.15) is 47.0 Å². The second-order valence-electron chi connectivity index (χ2n) is 6.43. The number of carbonyl (C=O) groups excluding carboxylic acids is 1. The first-order valence-electron chi connectivity index (χ1n) is 8.52. The SMILES string of the molecule is Cc1oc2ccccc2c1CCNC(=O)c1cnn(C2CCC2)c1. The molecule has 0 radical (unpaired) electrons. The number of benzene rings is 1. The fourth-order valence-corrected chi connectivity index (χ4v) is 3.24. The van der Waals surface area contributed by atoms with Gasteiger partial charge in [0.15, 0.2) is 0 Å². The molecule has 124 valence electrons. The molecule has 0 aliphatic heterocycles. The second-order valence-corrected chi connectivity index (χ2v) is 6.43. The van der Waals surface area contributed by atoms with Crippen LogP contribution in [-0.4, -0.2) is 22.2 Å². The first-order valence-corrected chi connectivity index (χ1v) is 8.52. The van der Waals surface area contributed by atoms with Gasteiger partial charge in [-0.2, -0.15) is 5.10 Å². The Balaban J connectivity index is 1.38. The smallest absolute Gasteiger partial charge is 0.254 e. The van der Waals surface area contributed by atoms with E-state index in [9.17, 15) is 4.79 Å². The van der Waals surface area contributed by atoms with Crippen molar-refractivity contribution < 1.29 is 9.21 Å². The number of furan rings is 1. The molecule has 1 N–H and O–H groups in total. The van der Waals surface area contributed by atoms with Crippen molar-refractivity contribution in [1.82, 2.24) is 15.1 Å². The molecule has 1 saturated carbocycles. The van der Waals surface area contributed by atoms with E-state index in [1.54, 1.807) is 6.20 Å². The number of para-hydroxylation sites is 1. The molecule has 0 spiro atoms. The maximum absolute atomic E-state index is 12.3. The van der Waals surface area contributed by atoms with E-state index in [4.69, 9.17) is 4.42 Å². The molecule has 5 heteroatoms. The van der Waals surface area contributed by atoms with E-state index in [0.717, 1.165) is 41.6 Å². The normalized spacial score (nSPS) is 14.7. The minimum absolute atomic E-state index is 0.0639. The fourth-order valence-electron chi connectivity index (χ4n) is 3.24. The van der Waals surface area contributed by atoms with Crippen LogP contribution in [0.4, 0.5) is 0 Å². The van der Waals surface area contributed by atoms with Gasteiger partial charge in [0, 0.05) is 23.7 Å². The Morgan fingerprint density at radius 3 is 3.00 bits per heavy atom. The summed E-state index contributed by atoms with van der Waals surface area (Å²) < 4.78 is 7.69. The number of nitrogens with one attached hydrogen (secondary N) is 1. The summed E-state index contributed by atoms with van der Waals surface area (Å²) in [5.74, 6) is 0.856. The first kappa shape index (κ1) is 15.0. The summed E-state index contributed by atoms with van der Waals surface area (Å²) in [6.45, 7) is 2.55. The number of hydrogen-bond acceptors (Lipinski definition) is 3. The molecule has 1 aromatic carbocycles. The molecular weight excluding hydrogens is 302 g/mol. The van der Waals surface area contributed by atoms with Crippen LogP contribution in [0.25, 0.3) is 11.0 Å². The molecular formula is C19H21N3O2. The molecule has 0 saturated heterocycles. The average Bonchev–Trinajstić information content (AvgIpc) is 3.11. The van der Waals surface area contributed by atoms with E-state index >= 15 is 0 Å². The summed E-state index contributed by atoms with van der Waals surface area (Å²) in [4.78, 5) is 12.3. The molecule has 1 fully saturated rings. The summed E-state index contributed by atoms with van der Waals surface area (Å²) in [5, 5.41) is 8.42. The van der Waals surface area contributed by atoms with Gasteiger partial charge < -0.3 is 9.73 Å². The third kappa shape index (κ3) is 2.70. The number of aromatic nitrogens is 2. The Bertz CT molecular complexity index is 874. The molecule has 2 aromatic heterocycles. The summed E-state index contributed by atoms with van der Waals surface area (Å²) in [5.41, 5.74) is 2.70. The summed E-state index contributed by atoms with van der Waals surface area (Å²) in [7, 11) is 0. The maximum atomic E-state index is 12.3. The third-order valence-electron chi connectivity index (χ3n) is 4.87. The summed E-state index contributed by atoms with van der Waals surface area (Å²) in [6.07, 6.45) is 7.85. The fraction of sp³-hybridized carbons (Fsp3) is 0.368. The van der Waals surface area contributed by atoms with Gasteiger partial charge in [-0.15, -0.1) is 0 Å². The number of fused-ring (bicyclic) bond motifs is 1. The van der Waals surface area contributed by atoms with E-state index in [1.165, 1.54) is 6.42 Å². The molecule has 0 bridgehead atoms. The van der Waals surface area contributed by atoms with Crippen molar-refractivity contribution >= 4 is 16.9 Å². The van der Waals surface area contributed by atoms with Crippen LogP contribution in [0.3, 0.4) is 0 Å². The van der Waals surface area contributed by atoms with Crippen molar-refractivity contribution in [3.63, 3.8) is 0 Å². The Hall–Kier alpha value is -2.56. The standard InChI is InChI=1S/C19H21N3O2/c1-13-16(17-7-2-3-8-18(17)24-13)9-10-20-19(23)14-11-21-22(12-14)15-5-4-6-15/h2-3,7-8,11-12,15H,4-6,9-10H2,1H3,(H,20,23). The molecule has 5 nitrogen and oxygen atoms in total. The molecule has 1 aliphatic carbocycles. The lowest BCUT2D eigenvalue weighted by Gasteiger charge is -2.25. The van der Waals surface area contributed by atoms with Crippen LogP contribution in [0, 0.1) is 6.92 Å². The van der Waals surface area contributed by atoms with E-state index in [2.05, 4.69) is 16.5 Å². The van der Waals surface area contributed by atoms with Crippen LogP contribution >= 0.6 is 0 Å². The topological polar surface area (TPSA) is 60.1 Å². The highest BCUT2D eigenvalue weighted by atomic mass is 16.3. The number of amides is 1. The van der Waals surface area contributed by atoms with Gasteiger partial charge in [0.1, 0.15) is 11.3 Å². The highest BCUT2D eigenvalue weighted by molar-refractivity contribution is 5.93. The van der Waals surface area contributed by atoms with Gasteiger partial charge in [-0.05, 0) is 38.7 Å². The average molecular weight is 323 g/mol. The van der Waals surface area contributed by atoms with Gasteiger partial charge in [-0.3, -0.25) is 9.48 Å². The van der Waals surface area contributed by atoms with Crippen molar-refractivity contribution in [2.75, 3.05) is 6.54 Å². The monoisotopic (exact) mass is 323 g/mol. The highest BCUT2D eigenvalue weighted by Crippen LogP contribution is 2.30.